The number of thiophene rings is 1. The Hall–Kier alpha value is -2.39. The second kappa shape index (κ2) is 6.07. The fourth-order valence-corrected chi connectivity index (χ4v) is 5.40. The zero-order valence-electron chi connectivity index (χ0n) is 14.0. The zero-order chi connectivity index (χ0) is 18.7. The number of pyridine rings is 2. The van der Waals surface area contributed by atoms with E-state index in [4.69, 9.17) is 0 Å². The van der Waals surface area contributed by atoms with Gasteiger partial charge in [-0.3, -0.25) is 4.79 Å². The van der Waals surface area contributed by atoms with Gasteiger partial charge in [0.1, 0.15) is 20.7 Å². The number of nitrogens with zero attached hydrogens (tertiary/aromatic N) is 2. The molecule has 138 valence electrons. The van der Waals surface area contributed by atoms with E-state index in [0.717, 1.165) is 28.5 Å². The Morgan fingerprint density at radius 1 is 1.33 bits per heavy atom. The lowest BCUT2D eigenvalue weighted by Gasteiger charge is -2.05. The summed E-state index contributed by atoms with van der Waals surface area (Å²) in [7, 11) is 0. The van der Waals surface area contributed by atoms with Crippen LogP contribution in [-0.2, 0) is 0 Å². The predicted molar refractivity (Wildman–Crippen MR) is 107 cm³/mol. The van der Waals surface area contributed by atoms with Crippen LogP contribution < -0.4 is 10.9 Å². The van der Waals surface area contributed by atoms with Gasteiger partial charge in [0.2, 0.25) is 0 Å². The van der Waals surface area contributed by atoms with E-state index < -0.39 is 6.43 Å². The van der Waals surface area contributed by atoms with Gasteiger partial charge in [-0.15, -0.1) is 17.9 Å². The summed E-state index contributed by atoms with van der Waals surface area (Å²) in [4.78, 5) is 24.8. The van der Waals surface area contributed by atoms with Crippen LogP contribution >= 0.6 is 22.7 Å². The molecule has 4 heterocycles. The summed E-state index contributed by atoms with van der Waals surface area (Å²) in [5.41, 5.74) is 1.68. The summed E-state index contributed by atoms with van der Waals surface area (Å²) >= 11 is 2.58. The van der Waals surface area contributed by atoms with Crippen LogP contribution in [0.4, 0.5) is 13.9 Å². The van der Waals surface area contributed by atoms with Crippen LogP contribution in [0.15, 0.2) is 23.5 Å². The molecule has 0 spiro atoms. The summed E-state index contributed by atoms with van der Waals surface area (Å²) in [6, 6.07) is 1.50. The van der Waals surface area contributed by atoms with Gasteiger partial charge < -0.3 is 10.3 Å². The van der Waals surface area contributed by atoms with E-state index in [9.17, 15) is 13.6 Å². The summed E-state index contributed by atoms with van der Waals surface area (Å²) in [5, 5.41) is 4.51. The first-order valence-electron chi connectivity index (χ1n) is 8.49. The van der Waals surface area contributed by atoms with Gasteiger partial charge in [-0.25, -0.2) is 18.7 Å². The molecule has 0 unspecified atom stereocenters. The third-order valence-corrected chi connectivity index (χ3v) is 6.74. The first-order chi connectivity index (χ1) is 13.1. The van der Waals surface area contributed by atoms with E-state index in [2.05, 4.69) is 26.8 Å². The smallest absolute Gasteiger partial charge is 0.280 e. The minimum Gasteiger partial charge on any atom is -0.358 e. The highest BCUT2D eigenvalue weighted by atomic mass is 32.1. The molecule has 0 bridgehead atoms. The van der Waals surface area contributed by atoms with Crippen molar-refractivity contribution >= 4 is 58.5 Å². The van der Waals surface area contributed by atoms with Crippen LogP contribution in [-0.4, -0.2) is 21.5 Å². The van der Waals surface area contributed by atoms with Crippen LogP contribution in [0, 0.1) is 0 Å². The van der Waals surface area contributed by atoms with E-state index in [1.54, 1.807) is 6.08 Å². The second-order valence-electron chi connectivity index (χ2n) is 6.52. The molecule has 5 nitrogen and oxygen atoms in total. The zero-order valence-corrected chi connectivity index (χ0v) is 15.6. The van der Waals surface area contributed by atoms with Crippen molar-refractivity contribution < 1.29 is 8.78 Å². The summed E-state index contributed by atoms with van der Waals surface area (Å²) < 4.78 is 27.9. The van der Waals surface area contributed by atoms with Crippen LogP contribution in [0.5, 0.6) is 0 Å². The van der Waals surface area contributed by atoms with Crippen molar-refractivity contribution in [3.63, 3.8) is 0 Å². The molecule has 5 rings (SSSR count). The van der Waals surface area contributed by atoms with Crippen molar-refractivity contribution in [1.29, 1.82) is 0 Å². The van der Waals surface area contributed by atoms with Crippen molar-refractivity contribution in [3.05, 3.63) is 40.3 Å². The lowest BCUT2D eigenvalue weighted by molar-refractivity contribution is 0.146. The van der Waals surface area contributed by atoms with E-state index in [1.807, 2.05) is 0 Å². The molecule has 0 saturated heterocycles. The number of H-pyrrole nitrogens is 1. The molecule has 0 aromatic carbocycles. The van der Waals surface area contributed by atoms with E-state index >= 15 is 0 Å². The Balaban J connectivity index is 1.85. The average Bonchev–Trinajstić information content (AvgIpc) is 3.29. The predicted octanol–water partition coefficient (Wildman–Crippen LogP) is 5.16. The lowest BCUT2D eigenvalue weighted by Crippen LogP contribution is -2.04. The molecule has 1 aliphatic carbocycles. The number of thiazole rings is 1. The number of nitrogens with one attached hydrogen (secondary N) is 2. The van der Waals surface area contributed by atoms with E-state index in [1.165, 1.54) is 28.7 Å². The van der Waals surface area contributed by atoms with E-state index in [0.29, 0.717) is 32.2 Å². The minimum atomic E-state index is -2.62. The number of aromatic amines is 1. The fourth-order valence-electron chi connectivity index (χ4n) is 3.29. The van der Waals surface area contributed by atoms with Crippen molar-refractivity contribution in [1.82, 2.24) is 15.0 Å². The van der Waals surface area contributed by atoms with Gasteiger partial charge in [0, 0.05) is 11.9 Å². The summed E-state index contributed by atoms with van der Waals surface area (Å²) in [6.07, 6.45) is 1.03. The lowest BCUT2D eigenvalue weighted by atomic mass is 10.1. The molecule has 0 aliphatic heterocycles. The van der Waals surface area contributed by atoms with Crippen molar-refractivity contribution in [2.75, 3.05) is 11.9 Å². The average molecular weight is 404 g/mol. The van der Waals surface area contributed by atoms with Crippen LogP contribution in [0.3, 0.4) is 0 Å². The molecule has 4 aromatic heterocycles. The number of anilines is 1. The highest BCUT2D eigenvalue weighted by Gasteiger charge is 2.30. The molecule has 0 atom stereocenters. The molecule has 1 aliphatic rings. The summed E-state index contributed by atoms with van der Waals surface area (Å²) in [5.74, 6) is 0.255. The Bertz CT molecular complexity index is 1270. The molecule has 0 radical (unpaired) electrons. The number of hydrogen-bond acceptors (Lipinski definition) is 6. The maximum atomic E-state index is 13.3. The van der Waals surface area contributed by atoms with Gasteiger partial charge in [0.15, 0.2) is 5.13 Å². The van der Waals surface area contributed by atoms with Gasteiger partial charge in [-0.2, -0.15) is 0 Å². The first-order valence-corrected chi connectivity index (χ1v) is 10.1. The molecule has 9 heteroatoms. The third-order valence-electron chi connectivity index (χ3n) is 4.64. The maximum absolute atomic E-state index is 13.3. The quantitative estimate of drug-likeness (QED) is 0.451. The molecular formula is C18H14F2N4OS2. The standard InChI is InChI=1S/C18H14F2N4OS2/c1-2-5-21-18-24-12-13-11(23-16(25)14(12)27-18)10-8(7-3-4-7)6-9(15(19)20)22-17(10)26-13/h2,6-7,15H,1,3-5H2,(H,21,24)(H,23,25). The van der Waals surface area contributed by atoms with Crippen LogP contribution in [0.25, 0.3) is 30.6 Å². The van der Waals surface area contributed by atoms with Gasteiger partial charge in [0.25, 0.3) is 12.0 Å². The van der Waals surface area contributed by atoms with Gasteiger partial charge >= 0.3 is 0 Å². The maximum Gasteiger partial charge on any atom is 0.280 e. The Labute approximate surface area is 159 Å². The summed E-state index contributed by atoms with van der Waals surface area (Å²) in [6.45, 7) is 4.20. The SMILES string of the molecule is C=CCNc1nc2c(s1)c(=O)[nH]c1c2sc2nc(C(F)F)cc(C3CC3)c21. The molecular weight excluding hydrogens is 390 g/mol. The molecule has 1 fully saturated rings. The van der Waals surface area contributed by atoms with Gasteiger partial charge in [-0.1, -0.05) is 17.4 Å². The Morgan fingerprint density at radius 3 is 2.85 bits per heavy atom. The number of rotatable bonds is 5. The number of halogens is 2. The molecule has 2 N–H and O–H groups in total. The normalized spacial score (nSPS) is 14.6. The second-order valence-corrected chi connectivity index (χ2v) is 8.52. The Kier molecular flexibility index (Phi) is 3.76. The highest BCUT2D eigenvalue weighted by Crippen LogP contribution is 2.48. The molecule has 4 aromatic rings. The minimum absolute atomic E-state index is 0.207. The number of hydrogen-bond donors (Lipinski definition) is 2. The topological polar surface area (TPSA) is 70.7 Å². The fraction of sp³-hybridized carbons (Fsp3) is 0.278. The van der Waals surface area contributed by atoms with Crippen molar-refractivity contribution in [2.45, 2.75) is 25.2 Å². The molecule has 27 heavy (non-hydrogen) atoms. The highest BCUT2D eigenvalue weighted by molar-refractivity contribution is 7.27. The Morgan fingerprint density at radius 2 is 2.15 bits per heavy atom. The van der Waals surface area contributed by atoms with Crippen molar-refractivity contribution in [3.8, 4) is 0 Å². The van der Waals surface area contributed by atoms with Crippen molar-refractivity contribution in [2.24, 2.45) is 0 Å². The van der Waals surface area contributed by atoms with Gasteiger partial charge in [0.05, 0.1) is 10.2 Å². The number of fused-ring (bicyclic) bond motifs is 5. The molecule has 0 amide bonds. The first kappa shape index (κ1) is 16.8. The number of alkyl halides is 2. The monoisotopic (exact) mass is 404 g/mol. The third kappa shape index (κ3) is 2.64. The molecule has 1 saturated carbocycles. The van der Waals surface area contributed by atoms with Crippen LogP contribution in [0.1, 0.15) is 36.4 Å². The van der Waals surface area contributed by atoms with Gasteiger partial charge in [-0.05, 0) is 30.4 Å². The number of aromatic nitrogens is 3. The largest absolute Gasteiger partial charge is 0.358 e. The van der Waals surface area contributed by atoms with E-state index in [-0.39, 0.29) is 17.2 Å². The van der Waals surface area contributed by atoms with Crippen LogP contribution in [0.2, 0.25) is 0 Å².